The first-order chi connectivity index (χ1) is 20.5. The lowest BCUT2D eigenvalue weighted by atomic mass is 9.79. The summed E-state index contributed by atoms with van der Waals surface area (Å²) < 4.78 is 55.1. The number of piperidine rings is 1. The molecule has 3 N–H and O–H groups in total. The van der Waals surface area contributed by atoms with E-state index in [2.05, 4.69) is 41.2 Å². The molecular formula is C30H31F2N7O3S. The number of hydrogen-bond donors (Lipinski definition) is 3. The van der Waals surface area contributed by atoms with Crippen molar-refractivity contribution in [3.63, 3.8) is 0 Å². The highest BCUT2D eigenvalue weighted by Crippen LogP contribution is 2.38. The van der Waals surface area contributed by atoms with Crippen molar-refractivity contribution in [2.75, 3.05) is 29.0 Å². The van der Waals surface area contributed by atoms with Crippen LogP contribution < -0.4 is 14.4 Å². The first-order valence-electron chi connectivity index (χ1n) is 13.8. The molecule has 2 aromatic carbocycles. The fraction of sp³-hybridized carbons (Fsp3) is 0.300. The van der Waals surface area contributed by atoms with Crippen LogP contribution in [-0.2, 0) is 15.4 Å². The Hall–Kier alpha value is -4.52. The van der Waals surface area contributed by atoms with Crippen LogP contribution in [0.1, 0.15) is 31.3 Å². The van der Waals surface area contributed by atoms with E-state index in [4.69, 9.17) is 4.98 Å². The van der Waals surface area contributed by atoms with Crippen LogP contribution in [0.5, 0.6) is 5.75 Å². The predicted molar refractivity (Wildman–Crippen MR) is 162 cm³/mol. The van der Waals surface area contributed by atoms with Crippen LogP contribution in [0.25, 0.3) is 33.5 Å². The third-order valence-corrected chi connectivity index (χ3v) is 8.50. The molecule has 10 nitrogen and oxygen atoms in total. The number of aromatic nitrogens is 5. The summed E-state index contributed by atoms with van der Waals surface area (Å²) in [6.07, 6.45) is 4.37. The van der Waals surface area contributed by atoms with E-state index in [1.807, 2.05) is 25.1 Å². The number of alkyl halides is 2. The average molecular weight is 608 g/mol. The van der Waals surface area contributed by atoms with Gasteiger partial charge in [-0.2, -0.15) is 8.78 Å². The van der Waals surface area contributed by atoms with Crippen molar-refractivity contribution in [2.24, 2.45) is 0 Å². The molecule has 1 saturated heterocycles. The Morgan fingerprint density at radius 1 is 1.00 bits per heavy atom. The lowest BCUT2D eigenvalue weighted by Gasteiger charge is -2.38. The number of anilines is 2. The molecule has 0 spiro atoms. The first kappa shape index (κ1) is 28.6. The van der Waals surface area contributed by atoms with Gasteiger partial charge in [0.15, 0.2) is 0 Å². The van der Waals surface area contributed by atoms with Crippen molar-refractivity contribution in [3.05, 3.63) is 72.4 Å². The lowest BCUT2D eigenvalue weighted by molar-refractivity contribution is -0.0498. The number of benzene rings is 2. The summed E-state index contributed by atoms with van der Waals surface area (Å²) in [4.78, 5) is 23.1. The molecule has 0 aliphatic carbocycles. The molecule has 0 saturated carbocycles. The number of fused-ring (bicyclic) bond motifs is 1. The third kappa shape index (κ3) is 6.03. The zero-order valence-electron chi connectivity index (χ0n) is 23.9. The minimum Gasteiger partial charge on any atom is -0.435 e. The fourth-order valence-electron chi connectivity index (χ4n) is 5.55. The van der Waals surface area contributed by atoms with Gasteiger partial charge in [-0.25, -0.2) is 23.4 Å². The summed E-state index contributed by atoms with van der Waals surface area (Å²) >= 11 is 0. The number of aryl methyl sites for hydroxylation is 1. The van der Waals surface area contributed by atoms with Crippen molar-refractivity contribution < 1.29 is 21.9 Å². The van der Waals surface area contributed by atoms with Gasteiger partial charge in [-0.1, -0.05) is 19.1 Å². The van der Waals surface area contributed by atoms with Crippen molar-refractivity contribution in [3.8, 4) is 28.3 Å². The molecule has 0 bridgehead atoms. The molecule has 224 valence electrons. The topological polar surface area (TPSA) is 129 Å². The first-order valence-corrected chi connectivity index (χ1v) is 15.7. The van der Waals surface area contributed by atoms with Crippen LogP contribution >= 0.6 is 0 Å². The maximum Gasteiger partial charge on any atom is 0.387 e. The van der Waals surface area contributed by atoms with Gasteiger partial charge < -0.3 is 19.6 Å². The summed E-state index contributed by atoms with van der Waals surface area (Å²) in [6, 6.07) is 15.7. The quantitative estimate of drug-likeness (QED) is 0.202. The highest BCUT2D eigenvalue weighted by atomic mass is 32.2. The normalized spacial score (nSPS) is 15.3. The zero-order chi connectivity index (χ0) is 30.4. The van der Waals surface area contributed by atoms with E-state index in [9.17, 15) is 17.2 Å². The van der Waals surface area contributed by atoms with Gasteiger partial charge in [0, 0.05) is 35.4 Å². The second kappa shape index (κ2) is 11.0. The van der Waals surface area contributed by atoms with Crippen LogP contribution in [0.3, 0.4) is 0 Å². The summed E-state index contributed by atoms with van der Waals surface area (Å²) in [7, 11) is -3.35. The van der Waals surface area contributed by atoms with Crippen molar-refractivity contribution in [1.29, 1.82) is 0 Å². The highest BCUT2D eigenvalue weighted by molar-refractivity contribution is 7.92. The minimum absolute atomic E-state index is 0.114. The number of ether oxygens (including phenoxy) is 1. The molecular weight excluding hydrogens is 576 g/mol. The van der Waals surface area contributed by atoms with Crippen LogP contribution in [0, 0.1) is 6.92 Å². The van der Waals surface area contributed by atoms with Crippen LogP contribution in [0.4, 0.5) is 20.3 Å². The Bertz CT molecular complexity index is 1860. The van der Waals surface area contributed by atoms with E-state index in [0.29, 0.717) is 5.69 Å². The number of sulfonamides is 1. The molecule has 0 amide bonds. The van der Waals surface area contributed by atoms with Crippen LogP contribution in [-0.4, -0.2) is 59.3 Å². The van der Waals surface area contributed by atoms with Crippen LogP contribution in [0.2, 0.25) is 0 Å². The third-order valence-electron chi connectivity index (χ3n) is 7.89. The molecule has 1 aliphatic rings. The molecule has 0 radical (unpaired) electrons. The van der Waals surface area contributed by atoms with E-state index >= 15 is 0 Å². The molecule has 1 aliphatic heterocycles. The van der Waals surface area contributed by atoms with Crippen molar-refractivity contribution in [1.82, 2.24) is 24.9 Å². The molecule has 6 rings (SSSR count). The molecule has 1 fully saturated rings. The van der Waals surface area contributed by atoms with Gasteiger partial charge in [0.1, 0.15) is 29.4 Å². The average Bonchev–Trinajstić information content (AvgIpc) is 3.58. The molecule has 4 heterocycles. The molecule has 0 atom stereocenters. The maximum atomic E-state index is 12.5. The minimum atomic E-state index is -3.35. The molecule has 5 aromatic rings. The molecule has 13 heteroatoms. The Balaban J connectivity index is 1.18. The summed E-state index contributed by atoms with van der Waals surface area (Å²) in [5.41, 5.74) is 5.35. The van der Waals surface area contributed by atoms with Gasteiger partial charge in [0.05, 0.1) is 23.0 Å². The van der Waals surface area contributed by atoms with Gasteiger partial charge in [0.25, 0.3) is 0 Å². The lowest BCUT2D eigenvalue weighted by Crippen LogP contribution is -2.42. The zero-order valence-corrected chi connectivity index (χ0v) is 24.7. The van der Waals surface area contributed by atoms with E-state index in [1.165, 1.54) is 12.1 Å². The van der Waals surface area contributed by atoms with E-state index in [-0.39, 0.29) is 11.2 Å². The summed E-state index contributed by atoms with van der Waals surface area (Å²) in [5, 5.41) is 0.912. The van der Waals surface area contributed by atoms with E-state index < -0.39 is 16.6 Å². The van der Waals surface area contributed by atoms with Crippen molar-refractivity contribution in [2.45, 2.75) is 38.7 Å². The van der Waals surface area contributed by atoms with Gasteiger partial charge >= 0.3 is 6.61 Å². The number of H-pyrrole nitrogens is 2. The largest absolute Gasteiger partial charge is 0.435 e. The smallest absolute Gasteiger partial charge is 0.387 e. The predicted octanol–water partition coefficient (Wildman–Crippen LogP) is 5.85. The maximum absolute atomic E-state index is 12.5. The van der Waals surface area contributed by atoms with Crippen LogP contribution in [0.15, 0.2) is 60.9 Å². The van der Waals surface area contributed by atoms with E-state index in [0.717, 1.165) is 83.1 Å². The number of aromatic amines is 2. The number of hydrogen-bond acceptors (Lipinski definition) is 7. The second-order valence-corrected chi connectivity index (χ2v) is 12.8. The second-order valence-electron chi connectivity index (χ2n) is 11.1. The van der Waals surface area contributed by atoms with E-state index in [1.54, 1.807) is 30.6 Å². The van der Waals surface area contributed by atoms with Gasteiger partial charge in [-0.15, -0.1) is 0 Å². The standard InChI is InChI=1S/C30H31F2N7O3S/c1-18-25(20-6-10-22(11-7-20)42-29(31)32)37-28(35-18)30(2)12-14-39(15-13-30)27-23-16-24(36-26(23)33-17-34-27)19-4-8-21(9-5-19)38-43(3,40)41/h4-11,16-17,29,38H,12-15H2,1-3H3,(H,35,37)(H,33,34,36). The Kier molecular flexibility index (Phi) is 7.28. The Labute approximate surface area is 247 Å². The number of nitrogens with one attached hydrogen (secondary N) is 3. The number of rotatable bonds is 8. The highest BCUT2D eigenvalue weighted by Gasteiger charge is 2.36. The summed E-state index contributed by atoms with van der Waals surface area (Å²) in [5.74, 6) is 1.87. The SMILES string of the molecule is Cc1nc(C2(C)CCN(c3ncnc4[nH]c(-c5ccc(NS(C)(=O)=O)cc5)cc34)CC2)[nH]c1-c1ccc(OC(F)F)cc1. The molecule has 43 heavy (non-hydrogen) atoms. The monoisotopic (exact) mass is 607 g/mol. The summed E-state index contributed by atoms with van der Waals surface area (Å²) in [6.45, 7) is 2.82. The Morgan fingerprint density at radius 2 is 1.67 bits per heavy atom. The number of halogens is 2. The molecule has 0 unspecified atom stereocenters. The number of nitrogens with zero attached hydrogens (tertiary/aromatic N) is 4. The Morgan fingerprint density at radius 3 is 2.33 bits per heavy atom. The van der Waals surface area contributed by atoms with Gasteiger partial charge in [-0.05, 0) is 67.8 Å². The molecule has 3 aromatic heterocycles. The fourth-order valence-corrected chi connectivity index (χ4v) is 6.11. The van der Waals surface area contributed by atoms with Crippen molar-refractivity contribution >= 4 is 32.6 Å². The van der Waals surface area contributed by atoms with Gasteiger partial charge in [0.2, 0.25) is 10.0 Å². The van der Waals surface area contributed by atoms with Gasteiger partial charge in [-0.3, -0.25) is 4.72 Å². The number of imidazole rings is 1.